The van der Waals surface area contributed by atoms with Crippen LogP contribution in [-0.2, 0) is 6.54 Å². The minimum atomic E-state index is -0.364. The maximum atomic E-state index is 12.5. The van der Waals surface area contributed by atoms with Crippen LogP contribution in [0.4, 0.5) is 5.69 Å². The Hall–Kier alpha value is -3.97. The molecule has 2 amide bonds. The van der Waals surface area contributed by atoms with E-state index in [4.69, 9.17) is 11.6 Å². The molecule has 0 fully saturated rings. The molecule has 3 aromatic carbocycles. The van der Waals surface area contributed by atoms with Gasteiger partial charge in [-0.05, 0) is 48.9 Å². The quantitative estimate of drug-likeness (QED) is 0.460. The molecule has 0 bridgehead atoms. The smallest absolute Gasteiger partial charge is 0.273 e. The fraction of sp³-hybridized carbons (Fsp3) is 0.0833. The van der Waals surface area contributed by atoms with Crippen molar-refractivity contribution in [3.63, 3.8) is 0 Å². The summed E-state index contributed by atoms with van der Waals surface area (Å²) in [4.78, 5) is 24.9. The summed E-state index contributed by atoms with van der Waals surface area (Å²) in [6, 6.07) is 21.8. The molecule has 0 aliphatic rings. The van der Waals surface area contributed by atoms with E-state index in [1.54, 1.807) is 30.3 Å². The van der Waals surface area contributed by atoms with Gasteiger partial charge in [0, 0.05) is 17.8 Å². The molecule has 1 heterocycles. The maximum absolute atomic E-state index is 12.5. The van der Waals surface area contributed by atoms with E-state index >= 15 is 0 Å². The number of benzene rings is 3. The number of aromatic nitrogens is 3. The topological polar surface area (TPSA) is 88.9 Å². The summed E-state index contributed by atoms with van der Waals surface area (Å²) in [7, 11) is 0. The van der Waals surface area contributed by atoms with Crippen molar-refractivity contribution < 1.29 is 9.59 Å². The van der Waals surface area contributed by atoms with Crippen molar-refractivity contribution in [2.45, 2.75) is 13.5 Å². The second-order valence-electron chi connectivity index (χ2n) is 7.20. The first kappa shape index (κ1) is 21.3. The van der Waals surface area contributed by atoms with Crippen molar-refractivity contribution in [3.05, 3.63) is 106 Å². The third-order valence-corrected chi connectivity index (χ3v) is 5.10. The first-order valence-electron chi connectivity index (χ1n) is 9.92. The number of rotatable bonds is 6. The summed E-state index contributed by atoms with van der Waals surface area (Å²) in [5.74, 6) is -0.556. The molecule has 0 radical (unpaired) electrons. The van der Waals surface area contributed by atoms with E-state index in [9.17, 15) is 9.59 Å². The van der Waals surface area contributed by atoms with E-state index in [1.807, 2.05) is 49.4 Å². The highest BCUT2D eigenvalue weighted by Gasteiger charge is 2.13. The van der Waals surface area contributed by atoms with Crippen LogP contribution in [0.5, 0.6) is 0 Å². The lowest BCUT2D eigenvalue weighted by Crippen LogP contribution is -2.23. The summed E-state index contributed by atoms with van der Waals surface area (Å²) in [5, 5.41) is 14.1. The van der Waals surface area contributed by atoms with Gasteiger partial charge in [-0.2, -0.15) is 0 Å². The molecule has 4 aromatic rings. The minimum Gasteiger partial charge on any atom is -0.347 e. The predicted octanol–water partition coefficient (Wildman–Crippen LogP) is 4.41. The summed E-state index contributed by atoms with van der Waals surface area (Å²) >= 11 is 6.17. The second-order valence-corrected chi connectivity index (χ2v) is 7.61. The lowest BCUT2D eigenvalue weighted by molar-refractivity contribution is 0.0945. The number of hydrogen-bond acceptors (Lipinski definition) is 4. The summed E-state index contributed by atoms with van der Waals surface area (Å²) in [6.45, 7) is 2.24. The van der Waals surface area contributed by atoms with Gasteiger partial charge in [-0.25, -0.2) is 4.68 Å². The van der Waals surface area contributed by atoms with E-state index < -0.39 is 0 Å². The standard InChI is InChI=1S/C24H20ClN5O2/c1-16-9-11-18(12-10-16)23(31)27-19-6-4-5-17(13-19)14-26-24(32)21-15-30(29-28-21)22-8-3-2-7-20(22)25/h2-13,15H,14H2,1H3,(H,26,32)(H,27,31). The number of nitrogens with one attached hydrogen (secondary N) is 2. The van der Waals surface area contributed by atoms with E-state index in [0.717, 1.165) is 11.1 Å². The summed E-state index contributed by atoms with van der Waals surface area (Å²) in [5.41, 5.74) is 3.96. The monoisotopic (exact) mass is 445 g/mol. The summed E-state index contributed by atoms with van der Waals surface area (Å²) < 4.78 is 1.46. The van der Waals surface area contributed by atoms with Gasteiger partial charge in [0.15, 0.2) is 5.69 Å². The third kappa shape index (κ3) is 5.01. The molecule has 4 rings (SSSR count). The normalized spacial score (nSPS) is 10.6. The van der Waals surface area contributed by atoms with Gasteiger partial charge in [-0.1, -0.05) is 58.8 Å². The van der Waals surface area contributed by atoms with Gasteiger partial charge in [-0.15, -0.1) is 5.10 Å². The highest BCUT2D eigenvalue weighted by atomic mass is 35.5. The van der Waals surface area contributed by atoms with Gasteiger partial charge in [0.25, 0.3) is 11.8 Å². The second kappa shape index (κ2) is 9.45. The van der Waals surface area contributed by atoms with Crippen LogP contribution in [0, 0.1) is 6.92 Å². The van der Waals surface area contributed by atoms with Crippen molar-refractivity contribution in [1.29, 1.82) is 0 Å². The Balaban J connectivity index is 1.38. The Morgan fingerprint density at radius 3 is 2.53 bits per heavy atom. The zero-order valence-electron chi connectivity index (χ0n) is 17.2. The van der Waals surface area contributed by atoms with Crippen molar-refractivity contribution in [2.24, 2.45) is 0 Å². The fourth-order valence-corrected chi connectivity index (χ4v) is 3.29. The number of aryl methyl sites for hydroxylation is 1. The van der Waals surface area contributed by atoms with Crippen LogP contribution in [0.25, 0.3) is 5.69 Å². The highest BCUT2D eigenvalue weighted by molar-refractivity contribution is 6.32. The molecule has 7 nitrogen and oxygen atoms in total. The first-order valence-corrected chi connectivity index (χ1v) is 10.3. The van der Waals surface area contributed by atoms with Crippen LogP contribution in [0.2, 0.25) is 5.02 Å². The number of nitrogens with zero attached hydrogens (tertiary/aromatic N) is 3. The van der Waals surface area contributed by atoms with E-state index in [0.29, 0.717) is 22.0 Å². The maximum Gasteiger partial charge on any atom is 0.273 e. The number of halogens is 1. The molecule has 0 spiro atoms. The molecule has 0 atom stereocenters. The first-order chi connectivity index (χ1) is 15.5. The van der Waals surface area contributed by atoms with E-state index in [1.165, 1.54) is 10.9 Å². The average molecular weight is 446 g/mol. The van der Waals surface area contributed by atoms with E-state index in [2.05, 4.69) is 20.9 Å². The van der Waals surface area contributed by atoms with Gasteiger partial charge >= 0.3 is 0 Å². The Kier molecular flexibility index (Phi) is 6.28. The number of para-hydroxylation sites is 1. The number of hydrogen-bond donors (Lipinski definition) is 2. The molecule has 0 saturated carbocycles. The van der Waals surface area contributed by atoms with Crippen LogP contribution in [0.15, 0.2) is 79.0 Å². The Bertz CT molecular complexity index is 1270. The summed E-state index contributed by atoms with van der Waals surface area (Å²) in [6.07, 6.45) is 1.52. The largest absolute Gasteiger partial charge is 0.347 e. The lowest BCUT2D eigenvalue weighted by atomic mass is 10.1. The van der Waals surface area contributed by atoms with Crippen LogP contribution in [0.1, 0.15) is 32.0 Å². The van der Waals surface area contributed by atoms with Gasteiger partial charge in [0.05, 0.1) is 16.9 Å². The molecule has 32 heavy (non-hydrogen) atoms. The van der Waals surface area contributed by atoms with Crippen LogP contribution in [0.3, 0.4) is 0 Å². The van der Waals surface area contributed by atoms with Crippen molar-refractivity contribution in [3.8, 4) is 5.69 Å². The fourth-order valence-electron chi connectivity index (χ4n) is 3.06. The SMILES string of the molecule is Cc1ccc(C(=O)Nc2cccc(CNC(=O)c3cn(-c4ccccc4Cl)nn3)c2)cc1. The Morgan fingerprint density at radius 2 is 1.75 bits per heavy atom. The van der Waals surface area contributed by atoms with Crippen molar-refractivity contribution >= 4 is 29.1 Å². The lowest BCUT2D eigenvalue weighted by Gasteiger charge is -2.08. The van der Waals surface area contributed by atoms with Crippen LogP contribution < -0.4 is 10.6 Å². The number of amides is 2. The molecule has 8 heteroatoms. The predicted molar refractivity (Wildman–Crippen MR) is 123 cm³/mol. The van der Waals surface area contributed by atoms with Gasteiger partial charge in [0.1, 0.15) is 0 Å². The average Bonchev–Trinajstić information content (AvgIpc) is 3.28. The molecule has 1 aromatic heterocycles. The third-order valence-electron chi connectivity index (χ3n) is 4.78. The Morgan fingerprint density at radius 1 is 0.969 bits per heavy atom. The molecule has 160 valence electrons. The van der Waals surface area contributed by atoms with Gasteiger partial charge in [0.2, 0.25) is 0 Å². The zero-order chi connectivity index (χ0) is 22.5. The highest BCUT2D eigenvalue weighted by Crippen LogP contribution is 2.19. The van der Waals surface area contributed by atoms with Gasteiger partial charge in [-0.3, -0.25) is 9.59 Å². The Labute approximate surface area is 190 Å². The van der Waals surface area contributed by atoms with E-state index in [-0.39, 0.29) is 24.1 Å². The molecule has 0 unspecified atom stereocenters. The van der Waals surface area contributed by atoms with Crippen molar-refractivity contribution in [1.82, 2.24) is 20.3 Å². The molecule has 0 saturated heterocycles. The van der Waals surface area contributed by atoms with Crippen molar-refractivity contribution in [2.75, 3.05) is 5.32 Å². The molecule has 0 aliphatic carbocycles. The van der Waals surface area contributed by atoms with Gasteiger partial charge < -0.3 is 10.6 Å². The molecular formula is C24H20ClN5O2. The molecule has 2 N–H and O–H groups in total. The van der Waals surface area contributed by atoms with Crippen LogP contribution in [-0.4, -0.2) is 26.8 Å². The molecule has 0 aliphatic heterocycles. The number of carbonyl (C=O) groups excluding carboxylic acids is 2. The number of carbonyl (C=O) groups is 2. The minimum absolute atomic E-state index is 0.175. The van der Waals surface area contributed by atoms with Crippen LogP contribution >= 0.6 is 11.6 Å². The zero-order valence-corrected chi connectivity index (χ0v) is 18.0. The number of anilines is 1. The molecular weight excluding hydrogens is 426 g/mol.